The lowest BCUT2D eigenvalue weighted by molar-refractivity contribution is -0.289. The molecule has 104 valence electrons. The van der Waals surface area contributed by atoms with Crippen molar-refractivity contribution in [3.05, 3.63) is 48.0 Å². The molecule has 0 unspecified atom stereocenters. The summed E-state index contributed by atoms with van der Waals surface area (Å²) in [4.78, 5) is 10.9. The number of nitrogens with one attached hydrogen (secondary N) is 1. The maximum Gasteiger partial charge on any atom is 0.458 e. The lowest BCUT2D eigenvalue weighted by Crippen LogP contribution is -2.33. The van der Waals surface area contributed by atoms with E-state index in [2.05, 4.69) is 11.9 Å². The monoisotopic (exact) mass is 279 g/mol. The van der Waals surface area contributed by atoms with Gasteiger partial charge in [0.2, 0.25) is 5.91 Å². The van der Waals surface area contributed by atoms with Gasteiger partial charge in [-0.25, -0.2) is 0 Å². The normalized spacial score (nSPS) is 12.1. The zero-order valence-electron chi connectivity index (χ0n) is 9.60. The minimum Gasteiger partial charge on any atom is -0.348 e. The number of rotatable bonds is 4. The first-order valence-corrected chi connectivity index (χ1v) is 5.12. The van der Waals surface area contributed by atoms with E-state index < -0.39 is 23.6 Å². The topological polar surface area (TPSA) is 29.1 Å². The number of hydrogen-bond donors (Lipinski definition) is 1. The van der Waals surface area contributed by atoms with Gasteiger partial charge in [-0.2, -0.15) is 22.0 Å². The second-order valence-electron chi connectivity index (χ2n) is 3.69. The Hall–Kier alpha value is -1.92. The Bertz CT molecular complexity index is 481. The molecule has 0 aromatic heterocycles. The van der Waals surface area contributed by atoms with Gasteiger partial charge < -0.3 is 5.32 Å². The van der Waals surface area contributed by atoms with E-state index in [1.54, 1.807) is 0 Å². The minimum atomic E-state index is -5.66. The average Bonchev–Trinajstić information content (AvgIpc) is 2.35. The third kappa shape index (κ3) is 3.52. The first-order valence-electron chi connectivity index (χ1n) is 5.12. The Labute approximate surface area is 105 Å². The number of carbonyl (C=O) groups excluding carboxylic acids is 1. The van der Waals surface area contributed by atoms with Gasteiger partial charge in [-0.3, -0.25) is 4.79 Å². The maximum absolute atomic E-state index is 13.1. The molecule has 7 heteroatoms. The van der Waals surface area contributed by atoms with Crippen LogP contribution in [0.2, 0.25) is 0 Å². The van der Waals surface area contributed by atoms with Crippen molar-refractivity contribution < 1.29 is 26.7 Å². The van der Waals surface area contributed by atoms with E-state index in [-0.39, 0.29) is 12.1 Å². The molecular formula is C12H10F5NO. The van der Waals surface area contributed by atoms with Crippen molar-refractivity contribution in [2.75, 3.05) is 0 Å². The highest BCUT2D eigenvalue weighted by Gasteiger charge is 2.58. The van der Waals surface area contributed by atoms with E-state index >= 15 is 0 Å². The molecule has 1 N–H and O–H groups in total. The molecule has 0 fully saturated rings. The van der Waals surface area contributed by atoms with Crippen molar-refractivity contribution in [1.82, 2.24) is 5.32 Å². The van der Waals surface area contributed by atoms with Crippen molar-refractivity contribution in [3.63, 3.8) is 0 Å². The van der Waals surface area contributed by atoms with Crippen molar-refractivity contribution in [3.8, 4) is 0 Å². The molecule has 1 rings (SSSR count). The quantitative estimate of drug-likeness (QED) is 0.665. The van der Waals surface area contributed by atoms with E-state index in [0.29, 0.717) is 12.1 Å². The predicted molar refractivity (Wildman–Crippen MR) is 58.4 cm³/mol. The molecule has 0 spiro atoms. The molecule has 2 nitrogen and oxygen atoms in total. The summed E-state index contributed by atoms with van der Waals surface area (Å²) in [6.07, 6.45) is -4.69. The van der Waals surface area contributed by atoms with Crippen molar-refractivity contribution in [2.24, 2.45) is 0 Å². The first kappa shape index (κ1) is 15.1. The van der Waals surface area contributed by atoms with Crippen LogP contribution in [-0.2, 0) is 17.3 Å². The molecule has 0 heterocycles. The summed E-state index contributed by atoms with van der Waals surface area (Å²) in [5.74, 6) is -5.47. The maximum atomic E-state index is 13.1. The van der Waals surface area contributed by atoms with Crippen LogP contribution in [0, 0.1) is 0 Å². The van der Waals surface area contributed by atoms with Crippen LogP contribution in [0.5, 0.6) is 0 Å². The Morgan fingerprint density at radius 3 is 2.42 bits per heavy atom. The van der Waals surface area contributed by atoms with Crippen molar-refractivity contribution in [1.29, 1.82) is 0 Å². The van der Waals surface area contributed by atoms with Crippen molar-refractivity contribution >= 4 is 5.91 Å². The molecule has 1 amide bonds. The fraction of sp³-hybridized carbons (Fsp3) is 0.250. The molecule has 1 aromatic carbocycles. The van der Waals surface area contributed by atoms with E-state index in [0.717, 1.165) is 12.1 Å². The summed E-state index contributed by atoms with van der Waals surface area (Å²) in [7, 11) is 0. The number of benzene rings is 1. The molecule has 1 aromatic rings. The van der Waals surface area contributed by atoms with E-state index in [4.69, 9.17) is 0 Å². The number of hydrogen-bond acceptors (Lipinski definition) is 1. The standard InChI is InChI=1S/C12H10F5NO/c1-2-10(19)18-7-8-4-3-5-9(6-8)11(13,14)12(15,16)17/h2-6H,1,7H2,(H,18,19). The highest BCUT2D eigenvalue weighted by atomic mass is 19.4. The van der Waals surface area contributed by atoms with Crippen LogP contribution in [0.1, 0.15) is 11.1 Å². The summed E-state index contributed by atoms with van der Waals surface area (Å²) in [5.41, 5.74) is -1.03. The van der Waals surface area contributed by atoms with Crippen LogP contribution in [0.25, 0.3) is 0 Å². The van der Waals surface area contributed by atoms with Gasteiger partial charge in [0, 0.05) is 12.1 Å². The Balaban J connectivity index is 2.94. The Kier molecular flexibility index (Phi) is 4.28. The molecule has 0 aliphatic rings. The number of amides is 1. The highest BCUT2D eigenvalue weighted by molar-refractivity contribution is 5.86. The summed E-state index contributed by atoms with van der Waals surface area (Å²) >= 11 is 0. The van der Waals surface area contributed by atoms with E-state index in [1.165, 1.54) is 6.07 Å². The molecule has 19 heavy (non-hydrogen) atoms. The predicted octanol–water partition coefficient (Wildman–Crippen LogP) is 3.14. The smallest absolute Gasteiger partial charge is 0.348 e. The Morgan fingerprint density at radius 2 is 1.89 bits per heavy atom. The summed E-state index contributed by atoms with van der Waals surface area (Å²) in [6, 6.07) is 3.80. The van der Waals surface area contributed by atoms with Gasteiger partial charge in [-0.1, -0.05) is 24.8 Å². The van der Waals surface area contributed by atoms with Crippen LogP contribution in [0.3, 0.4) is 0 Å². The van der Waals surface area contributed by atoms with Gasteiger partial charge in [-0.05, 0) is 17.7 Å². The molecular weight excluding hydrogens is 269 g/mol. The lowest BCUT2D eigenvalue weighted by atomic mass is 10.0. The second kappa shape index (κ2) is 5.38. The molecule has 0 atom stereocenters. The summed E-state index contributed by atoms with van der Waals surface area (Å²) < 4.78 is 62.7. The average molecular weight is 279 g/mol. The van der Waals surface area contributed by atoms with E-state index in [9.17, 15) is 26.7 Å². The second-order valence-corrected chi connectivity index (χ2v) is 3.69. The van der Waals surface area contributed by atoms with Gasteiger partial charge >= 0.3 is 12.1 Å². The van der Waals surface area contributed by atoms with Crippen LogP contribution < -0.4 is 5.32 Å². The van der Waals surface area contributed by atoms with Crippen LogP contribution in [0.4, 0.5) is 22.0 Å². The first-order chi connectivity index (χ1) is 8.68. The minimum absolute atomic E-state index is 0.136. The van der Waals surface area contributed by atoms with Gasteiger partial charge in [0.1, 0.15) is 0 Å². The zero-order chi connectivity index (χ0) is 14.7. The molecule has 0 aliphatic carbocycles. The summed E-state index contributed by atoms with van der Waals surface area (Å²) in [5, 5.41) is 2.28. The third-order valence-corrected chi connectivity index (χ3v) is 2.30. The third-order valence-electron chi connectivity index (χ3n) is 2.30. The Morgan fingerprint density at radius 1 is 1.26 bits per heavy atom. The van der Waals surface area contributed by atoms with Gasteiger partial charge in [-0.15, -0.1) is 0 Å². The van der Waals surface area contributed by atoms with Gasteiger partial charge in [0.15, 0.2) is 0 Å². The summed E-state index contributed by atoms with van der Waals surface area (Å²) in [6.45, 7) is 3.02. The largest absolute Gasteiger partial charge is 0.458 e. The molecule has 0 aliphatic heterocycles. The highest BCUT2D eigenvalue weighted by Crippen LogP contribution is 2.43. The van der Waals surface area contributed by atoms with Crippen molar-refractivity contribution in [2.45, 2.75) is 18.6 Å². The number of carbonyl (C=O) groups is 1. The number of alkyl halides is 5. The van der Waals surface area contributed by atoms with Crippen LogP contribution in [-0.4, -0.2) is 12.1 Å². The fourth-order valence-electron chi connectivity index (χ4n) is 1.30. The zero-order valence-corrected chi connectivity index (χ0v) is 9.60. The fourth-order valence-corrected chi connectivity index (χ4v) is 1.30. The van der Waals surface area contributed by atoms with E-state index in [1.807, 2.05) is 0 Å². The van der Waals surface area contributed by atoms with Gasteiger partial charge in [0.05, 0.1) is 0 Å². The van der Waals surface area contributed by atoms with Crippen LogP contribution in [0.15, 0.2) is 36.9 Å². The van der Waals surface area contributed by atoms with Crippen LogP contribution >= 0.6 is 0 Å². The number of halogens is 5. The molecule has 0 bridgehead atoms. The molecule has 0 saturated heterocycles. The molecule has 0 saturated carbocycles. The van der Waals surface area contributed by atoms with Gasteiger partial charge in [0.25, 0.3) is 0 Å². The lowest BCUT2D eigenvalue weighted by Gasteiger charge is -2.20. The SMILES string of the molecule is C=CC(=O)NCc1cccc(C(F)(F)C(F)(F)F)c1. The molecule has 0 radical (unpaired) electrons.